The molecule has 4 aromatic heterocycles. The lowest BCUT2D eigenvalue weighted by atomic mass is 9.98. The fourth-order valence-corrected chi connectivity index (χ4v) is 8.17. The number of aromatic nitrogens is 5. The average Bonchev–Trinajstić information content (AvgIpc) is 3.43. The predicted molar refractivity (Wildman–Crippen MR) is 177 cm³/mol. The van der Waals surface area contributed by atoms with Gasteiger partial charge in [0.1, 0.15) is 16.9 Å². The Bertz CT molecular complexity index is 2100. The Hall–Kier alpha value is -4.84. The first kappa shape index (κ1) is 29.3. The SMILES string of the molecule is COc1cc(C(=O)N2C[C@H]3CC[C@@H]2[C@@H]3N)cc2nc(-c3cc4cccnc4n3CC3CC3)n(CC3CN(C(=O)c4ccnc(F)c4)C3)c12. The van der Waals surface area contributed by atoms with Crippen molar-refractivity contribution in [3.63, 3.8) is 0 Å². The van der Waals surface area contributed by atoms with Gasteiger partial charge in [-0.3, -0.25) is 9.59 Å². The number of halogens is 1. The molecule has 0 radical (unpaired) electrons. The van der Waals surface area contributed by atoms with E-state index in [1.807, 2.05) is 29.3 Å². The fraction of sp³-hybridized carbons (Fsp3) is 0.417. The third-order valence-corrected chi connectivity index (χ3v) is 10.9. The van der Waals surface area contributed by atoms with E-state index in [-0.39, 0.29) is 35.4 Å². The molecule has 2 bridgehead atoms. The van der Waals surface area contributed by atoms with E-state index in [0.717, 1.165) is 47.5 Å². The van der Waals surface area contributed by atoms with Crippen LogP contribution in [0.1, 0.15) is 46.4 Å². The molecule has 2 N–H and O–H groups in total. The number of ether oxygens (including phenoxy) is 1. The topological polar surface area (TPSA) is 124 Å². The Balaban J connectivity index is 1.12. The summed E-state index contributed by atoms with van der Waals surface area (Å²) in [7, 11) is 1.62. The molecule has 6 heterocycles. The summed E-state index contributed by atoms with van der Waals surface area (Å²) in [4.78, 5) is 44.3. The standard InChI is InChI=1S/C36H37FN8O3/c1-48-29-13-25(36(47)44-19-24-6-7-27(44)31(24)38)11-26-32(29)45(18-21-15-42(16-21)35(46)23-8-10-39-30(37)14-23)34(41-26)28-12-22-3-2-9-40-33(22)43(28)17-20-4-5-20/h2-3,8-14,20-21,24,27,31H,4-7,15-19,38H2,1H3/t24-,27-,31-/m1/s1. The summed E-state index contributed by atoms with van der Waals surface area (Å²) < 4.78 is 24.2. The fourth-order valence-electron chi connectivity index (χ4n) is 8.17. The van der Waals surface area contributed by atoms with E-state index >= 15 is 0 Å². The smallest absolute Gasteiger partial charge is 0.254 e. The minimum Gasteiger partial charge on any atom is -0.494 e. The number of methoxy groups -OCH3 is 1. The van der Waals surface area contributed by atoms with Gasteiger partial charge in [-0.05, 0) is 73.9 Å². The number of nitrogens with two attached hydrogens (primary N) is 1. The van der Waals surface area contributed by atoms with Gasteiger partial charge in [-0.15, -0.1) is 0 Å². The molecule has 9 rings (SSSR count). The first-order valence-electron chi connectivity index (χ1n) is 16.9. The number of hydrogen-bond acceptors (Lipinski definition) is 7. The number of hydrogen-bond donors (Lipinski definition) is 1. The van der Waals surface area contributed by atoms with Gasteiger partial charge in [-0.2, -0.15) is 4.39 Å². The second kappa shape index (κ2) is 11.1. The van der Waals surface area contributed by atoms with Gasteiger partial charge in [0.2, 0.25) is 5.95 Å². The Morgan fingerprint density at radius 2 is 1.75 bits per heavy atom. The van der Waals surface area contributed by atoms with Crippen LogP contribution in [0.4, 0.5) is 4.39 Å². The van der Waals surface area contributed by atoms with E-state index in [9.17, 15) is 14.0 Å². The number of piperidine rings is 1. The van der Waals surface area contributed by atoms with Crippen molar-refractivity contribution in [2.24, 2.45) is 23.5 Å². The summed E-state index contributed by atoms with van der Waals surface area (Å²) in [5.41, 5.74) is 10.7. The molecule has 4 aliphatic rings. The summed E-state index contributed by atoms with van der Waals surface area (Å²) in [6.07, 6.45) is 7.53. The molecule has 5 aromatic rings. The largest absolute Gasteiger partial charge is 0.494 e. The minimum absolute atomic E-state index is 0.0267. The summed E-state index contributed by atoms with van der Waals surface area (Å²) in [6, 6.07) is 12.7. The number of imidazole rings is 1. The molecule has 1 aromatic carbocycles. The van der Waals surface area contributed by atoms with E-state index in [0.29, 0.717) is 54.8 Å². The Labute approximate surface area is 276 Å². The number of fused-ring (bicyclic) bond motifs is 4. The summed E-state index contributed by atoms with van der Waals surface area (Å²) in [5.74, 6) is 1.50. The molecular formula is C36H37FN8O3. The molecule has 0 spiro atoms. The first-order valence-corrected chi connectivity index (χ1v) is 16.9. The molecule has 246 valence electrons. The van der Waals surface area contributed by atoms with Gasteiger partial charge in [-0.25, -0.2) is 15.0 Å². The number of benzene rings is 1. The molecule has 12 heteroatoms. The zero-order valence-corrected chi connectivity index (χ0v) is 26.8. The van der Waals surface area contributed by atoms with Crippen LogP contribution in [-0.2, 0) is 13.1 Å². The highest BCUT2D eigenvalue weighted by atomic mass is 19.1. The molecule has 2 saturated carbocycles. The molecular weight excluding hydrogens is 611 g/mol. The molecule has 3 atom stereocenters. The van der Waals surface area contributed by atoms with Gasteiger partial charge < -0.3 is 29.4 Å². The molecule has 2 amide bonds. The summed E-state index contributed by atoms with van der Waals surface area (Å²) in [6.45, 7) is 3.15. The van der Waals surface area contributed by atoms with Crippen LogP contribution < -0.4 is 10.5 Å². The van der Waals surface area contributed by atoms with Gasteiger partial charge in [0.15, 0.2) is 5.82 Å². The molecule has 2 aliphatic carbocycles. The number of pyridine rings is 2. The van der Waals surface area contributed by atoms with Crippen molar-refractivity contribution in [3.8, 4) is 17.3 Å². The number of amides is 2. The molecule has 0 unspecified atom stereocenters. The molecule has 11 nitrogen and oxygen atoms in total. The third kappa shape index (κ3) is 4.75. The highest BCUT2D eigenvalue weighted by Crippen LogP contribution is 2.41. The average molecular weight is 649 g/mol. The van der Waals surface area contributed by atoms with E-state index in [2.05, 4.69) is 26.3 Å². The second-order valence-corrected chi connectivity index (χ2v) is 14.0. The summed E-state index contributed by atoms with van der Waals surface area (Å²) in [5, 5.41) is 1.04. The van der Waals surface area contributed by atoms with Crippen molar-refractivity contribution in [1.82, 2.24) is 33.9 Å². The van der Waals surface area contributed by atoms with Gasteiger partial charge in [0, 0.05) is 85.7 Å². The first-order chi connectivity index (χ1) is 23.4. The van der Waals surface area contributed by atoms with Crippen molar-refractivity contribution in [3.05, 3.63) is 71.9 Å². The zero-order valence-electron chi connectivity index (χ0n) is 26.8. The number of rotatable bonds is 8. The van der Waals surface area contributed by atoms with E-state index in [1.54, 1.807) is 12.0 Å². The van der Waals surface area contributed by atoms with Crippen LogP contribution in [0.3, 0.4) is 0 Å². The number of carbonyl (C=O) groups is 2. The maximum absolute atomic E-state index is 13.9. The van der Waals surface area contributed by atoms with Crippen molar-refractivity contribution in [2.75, 3.05) is 26.7 Å². The van der Waals surface area contributed by atoms with Crippen molar-refractivity contribution in [1.29, 1.82) is 0 Å². The van der Waals surface area contributed by atoms with Crippen molar-refractivity contribution >= 4 is 33.9 Å². The van der Waals surface area contributed by atoms with Crippen LogP contribution in [0, 0.1) is 23.7 Å². The molecule has 48 heavy (non-hydrogen) atoms. The second-order valence-electron chi connectivity index (χ2n) is 14.0. The number of nitrogens with zero attached hydrogens (tertiary/aromatic N) is 7. The maximum Gasteiger partial charge on any atom is 0.254 e. The van der Waals surface area contributed by atoms with E-state index in [4.69, 9.17) is 20.4 Å². The quantitative estimate of drug-likeness (QED) is 0.248. The van der Waals surface area contributed by atoms with Crippen LogP contribution in [0.15, 0.2) is 54.9 Å². The van der Waals surface area contributed by atoms with Crippen LogP contribution in [0.5, 0.6) is 5.75 Å². The zero-order chi connectivity index (χ0) is 32.7. The number of carbonyl (C=O) groups excluding carboxylic acids is 2. The normalized spacial score (nSPS) is 22.2. The lowest BCUT2D eigenvalue weighted by Gasteiger charge is -2.39. The predicted octanol–water partition coefficient (Wildman–Crippen LogP) is 4.34. The van der Waals surface area contributed by atoms with Crippen LogP contribution >= 0.6 is 0 Å². The minimum atomic E-state index is -0.673. The van der Waals surface area contributed by atoms with E-state index in [1.165, 1.54) is 31.2 Å². The van der Waals surface area contributed by atoms with Gasteiger partial charge in [0.05, 0.1) is 18.3 Å². The van der Waals surface area contributed by atoms with Gasteiger partial charge in [0.25, 0.3) is 11.8 Å². The highest BCUT2D eigenvalue weighted by Gasteiger charge is 2.47. The van der Waals surface area contributed by atoms with Crippen LogP contribution in [0.25, 0.3) is 33.6 Å². The molecule has 2 saturated heterocycles. The summed E-state index contributed by atoms with van der Waals surface area (Å²) >= 11 is 0. The van der Waals surface area contributed by atoms with Gasteiger partial charge >= 0.3 is 0 Å². The third-order valence-electron chi connectivity index (χ3n) is 10.9. The van der Waals surface area contributed by atoms with Crippen LogP contribution in [0.2, 0.25) is 0 Å². The van der Waals surface area contributed by atoms with Gasteiger partial charge in [-0.1, -0.05) is 0 Å². The molecule has 2 aliphatic heterocycles. The Kier molecular flexibility index (Phi) is 6.79. The van der Waals surface area contributed by atoms with Crippen LogP contribution in [-0.4, -0.2) is 84.5 Å². The maximum atomic E-state index is 13.9. The highest BCUT2D eigenvalue weighted by molar-refractivity contribution is 6.00. The van der Waals surface area contributed by atoms with Crippen molar-refractivity contribution < 1.29 is 18.7 Å². The monoisotopic (exact) mass is 648 g/mol. The lowest BCUT2D eigenvalue weighted by molar-refractivity contribution is 0.0470. The Morgan fingerprint density at radius 3 is 2.48 bits per heavy atom. The number of likely N-dealkylation sites (tertiary alicyclic amines) is 2. The molecule has 4 fully saturated rings. The Morgan fingerprint density at radius 1 is 0.917 bits per heavy atom. The van der Waals surface area contributed by atoms with E-state index < -0.39 is 5.95 Å². The van der Waals surface area contributed by atoms with Crippen molar-refractivity contribution in [2.45, 2.75) is 50.9 Å². The lowest BCUT2D eigenvalue weighted by Crippen LogP contribution is -2.51.